The molecule has 1 aromatic carbocycles. The van der Waals surface area contributed by atoms with Gasteiger partial charge in [0.15, 0.2) is 0 Å². The number of hydrogen-bond donors (Lipinski definition) is 1. The largest absolute Gasteiger partial charge is 0.367 e. The van der Waals surface area contributed by atoms with Gasteiger partial charge in [-0.3, -0.25) is 0 Å². The lowest BCUT2D eigenvalue weighted by atomic mass is 10.0. The first-order valence-electron chi connectivity index (χ1n) is 6.56. The van der Waals surface area contributed by atoms with Crippen LogP contribution >= 0.6 is 22.9 Å². The van der Waals surface area contributed by atoms with Gasteiger partial charge in [-0.2, -0.15) is 0 Å². The van der Waals surface area contributed by atoms with Crippen molar-refractivity contribution in [1.29, 1.82) is 0 Å². The molecule has 0 spiro atoms. The fraction of sp³-hybridized carbons (Fsp3) is 0.333. The molecule has 2 nitrogen and oxygen atoms in total. The summed E-state index contributed by atoms with van der Waals surface area (Å²) in [6.45, 7) is 2.73. The summed E-state index contributed by atoms with van der Waals surface area (Å²) in [5, 5.41) is 2.98. The van der Waals surface area contributed by atoms with Crippen LogP contribution in [0.2, 0.25) is 5.02 Å². The van der Waals surface area contributed by atoms with Crippen molar-refractivity contribution in [2.24, 2.45) is 5.73 Å². The van der Waals surface area contributed by atoms with E-state index in [1.807, 2.05) is 23.5 Å². The average Bonchev–Trinajstić information content (AvgIpc) is 2.86. The Kier molecular flexibility index (Phi) is 3.78. The van der Waals surface area contributed by atoms with Crippen molar-refractivity contribution in [3.05, 3.63) is 50.7 Å². The van der Waals surface area contributed by atoms with Gasteiger partial charge in [0.2, 0.25) is 0 Å². The number of nitrogens with zero attached hydrogens (tertiary/aromatic N) is 1. The highest BCUT2D eigenvalue weighted by molar-refractivity contribution is 7.10. The molecule has 1 aliphatic rings. The molecule has 0 atom stereocenters. The van der Waals surface area contributed by atoms with E-state index in [1.165, 1.54) is 21.7 Å². The molecule has 0 fully saturated rings. The Hall–Kier alpha value is -1.03. The van der Waals surface area contributed by atoms with Gasteiger partial charge in [-0.25, -0.2) is 0 Å². The number of nitrogens with two attached hydrogens (primary N) is 1. The van der Waals surface area contributed by atoms with Gasteiger partial charge in [0, 0.05) is 28.7 Å². The van der Waals surface area contributed by atoms with Crippen LogP contribution in [0.1, 0.15) is 16.0 Å². The summed E-state index contributed by atoms with van der Waals surface area (Å²) in [5.74, 6) is 0. The lowest BCUT2D eigenvalue weighted by Crippen LogP contribution is -2.30. The van der Waals surface area contributed by atoms with E-state index < -0.39 is 0 Å². The molecule has 0 bridgehead atoms. The van der Waals surface area contributed by atoms with Crippen molar-refractivity contribution in [3.63, 3.8) is 0 Å². The Balaban J connectivity index is 1.90. The monoisotopic (exact) mass is 292 g/mol. The van der Waals surface area contributed by atoms with Gasteiger partial charge in [0.1, 0.15) is 0 Å². The molecule has 0 unspecified atom stereocenters. The maximum atomic E-state index is 6.10. The van der Waals surface area contributed by atoms with Crippen LogP contribution < -0.4 is 10.6 Å². The molecule has 2 heterocycles. The van der Waals surface area contributed by atoms with E-state index in [0.29, 0.717) is 6.54 Å². The summed E-state index contributed by atoms with van der Waals surface area (Å²) in [6, 6.07) is 8.39. The first kappa shape index (κ1) is 13.0. The topological polar surface area (TPSA) is 29.3 Å². The summed E-state index contributed by atoms with van der Waals surface area (Å²) < 4.78 is 0. The Labute approximate surface area is 122 Å². The molecular formula is C15H17ClN2S. The van der Waals surface area contributed by atoms with Crippen molar-refractivity contribution in [2.75, 3.05) is 18.0 Å². The highest BCUT2D eigenvalue weighted by Crippen LogP contribution is 2.31. The number of anilines is 1. The van der Waals surface area contributed by atoms with Gasteiger partial charge in [0.05, 0.1) is 0 Å². The maximum Gasteiger partial charge on any atom is 0.0440 e. The molecule has 4 heteroatoms. The lowest BCUT2D eigenvalue weighted by molar-refractivity contribution is 0.737. The lowest BCUT2D eigenvalue weighted by Gasteiger charge is -2.31. The smallest absolute Gasteiger partial charge is 0.0440 e. The van der Waals surface area contributed by atoms with Crippen LogP contribution in [0.4, 0.5) is 5.69 Å². The zero-order chi connectivity index (χ0) is 13.2. The molecule has 100 valence electrons. The molecule has 0 saturated carbocycles. The van der Waals surface area contributed by atoms with E-state index in [4.69, 9.17) is 17.3 Å². The Bertz CT molecular complexity index is 579. The van der Waals surface area contributed by atoms with Crippen LogP contribution in [0.3, 0.4) is 0 Å². The minimum Gasteiger partial charge on any atom is -0.367 e. The van der Waals surface area contributed by atoms with E-state index in [2.05, 4.69) is 22.4 Å². The molecule has 3 rings (SSSR count). The van der Waals surface area contributed by atoms with Crippen LogP contribution in [0.25, 0.3) is 0 Å². The van der Waals surface area contributed by atoms with Crippen molar-refractivity contribution >= 4 is 28.6 Å². The molecular weight excluding hydrogens is 276 g/mol. The highest BCUT2D eigenvalue weighted by Gasteiger charge is 2.19. The zero-order valence-corrected chi connectivity index (χ0v) is 12.3. The highest BCUT2D eigenvalue weighted by atomic mass is 35.5. The first-order chi connectivity index (χ1) is 9.28. The third kappa shape index (κ3) is 2.64. The van der Waals surface area contributed by atoms with Crippen molar-refractivity contribution in [1.82, 2.24) is 0 Å². The number of fused-ring (bicyclic) bond motifs is 1. The SMILES string of the molecule is NCCc1cc(Cl)ccc1N1CCc2sccc2C1. The normalized spacial score (nSPS) is 14.5. The van der Waals surface area contributed by atoms with E-state index >= 15 is 0 Å². The summed E-state index contributed by atoms with van der Waals surface area (Å²) in [6.07, 6.45) is 2.01. The fourth-order valence-corrected chi connectivity index (χ4v) is 3.76. The molecule has 1 aromatic heterocycles. The molecule has 0 aliphatic carbocycles. The Morgan fingerprint density at radius 2 is 2.21 bits per heavy atom. The van der Waals surface area contributed by atoms with Crippen molar-refractivity contribution in [3.8, 4) is 0 Å². The standard InChI is InChI=1S/C15H17ClN2S/c16-13-1-2-14(11(9-13)3-6-17)18-7-4-15-12(10-18)5-8-19-15/h1-2,5,8-9H,3-4,6-7,10,17H2. The third-order valence-corrected chi connectivity index (χ3v) is 4.86. The van der Waals surface area contributed by atoms with Gasteiger partial charge in [0.25, 0.3) is 0 Å². The second-order valence-electron chi connectivity index (χ2n) is 4.85. The predicted octanol–water partition coefficient (Wildman–Crippen LogP) is 3.47. The molecule has 0 radical (unpaired) electrons. The second kappa shape index (κ2) is 5.53. The number of thiophene rings is 1. The molecule has 2 N–H and O–H groups in total. The van der Waals surface area contributed by atoms with Crippen molar-refractivity contribution in [2.45, 2.75) is 19.4 Å². The summed E-state index contributed by atoms with van der Waals surface area (Å²) in [5.41, 5.74) is 9.71. The van der Waals surface area contributed by atoms with Gasteiger partial charge >= 0.3 is 0 Å². The molecule has 1 aliphatic heterocycles. The molecule has 19 heavy (non-hydrogen) atoms. The van der Waals surface area contributed by atoms with Gasteiger partial charge < -0.3 is 10.6 Å². The van der Waals surface area contributed by atoms with Crippen LogP contribution in [-0.4, -0.2) is 13.1 Å². The van der Waals surface area contributed by atoms with E-state index in [-0.39, 0.29) is 0 Å². The quantitative estimate of drug-likeness (QED) is 0.939. The molecule has 0 amide bonds. The second-order valence-corrected chi connectivity index (χ2v) is 6.29. The van der Waals surface area contributed by atoms with Gasteiger partial charge in [-0.15, -0.1) is 11.3 Å². The fourth-order valence-electron chi connectivity index (χ4n) is 2.67. The first-order valence-corrected chi connectivity index (χ1v) is 7.82. The number of benzene rings is 1. The zero-order valence-electron chi connectivity index (χ0n) is 10.7. The molecule has 0 saturated heterocycles. The van der Waals surface area contributed by atoms with Crippen LogP contribution in [0, 0.1) is 0 Å². The van der Waals surface area contributed by atoms with Gasteiger partial charge in [-0.05, 0) is 60.2 Å². The Morgan fingerprint density at radius 1 is 1.32 bits per heavy atom. The minimum atomic E-state index is 0.658. The van der Waals surface area contributed by atoms with E-state index in [1.54, 1.807) is 0 Å². The number of rotatable bonds is 3. The van der Waals surface area contributed by atoms with Gasteiger partial charge in [-0.1, -0.05) is 11.6 Å². The van der Waals surface area contributed by atoms with Crippen LogP contribution in [0.15, 0.2) is 29.6 Å². The van der Waals surface area contributed by atoms with Crippen LogP contribution in [0.5, 0.6) is 0 Å². The number of hydrogen-bond acceptors (Lipinski definition) is 3. The maximum absolute atomic E-state index is 6.10. The average molecular weight is 293 g/mol. The molecule has 2 aromatic rings. The van der Waals surface area contributed by atoms with E-state index in [9.17, 15) is 0 Å². The number of halogens is 1. The third-order valence-electron chi connectivity index (χ3n) is 3.60. The minimum absolute atomic E-state index is 0.658. The summed E-state index contributed by atoms with van der Waals surface area (Å²) >= 11 is 7.97. The Morgan fingerprint density at radius 3 is 3.05 bits per heavy atom. The van der Waals surface area contributed by atoms with E-state index in [0.717, 1.165) is 31.0 Å². The van der Waals surface area contributed by atoms with Crippen molar-refractivity contribution < 1.29 is 0 Å². The predicted molar refractivity (Wildman–Crippen MR) is 83.3 cm³/mol. The summed E-state index contributed by atoms with van der Waals surface area (Å²) in [7, 11) is 0. The summed E-state index contributed by atoms with van der Waals surface area (Å²) in [4.78, 5) is 3.97. The van der Waals surface area contributed by atoms with Crippen LogP contribution in [-0.2, 0) is 19.4 Å².